The molecule has 24 heavy (non-hydrogen) atoms. The summed E-state index contributed by atoms with van der Waals surface area (Å²) < 4.78 is 5.36. The van der Waals surface area contributed by atoms with Crippen LogP contribution in [0.25, 0.3) is 0 Å². The molecule has 1 atom stereocenters. The molecule has 0 spiro atoms. The van der Waals surface area contributed by atoms with Crippen molar-refractivity contribution in [1.29, 1.82) is 0 Å². The number of ether oxygens (including phenoxy) is 1. The van der Waals surface area contributed by atoms with Gasteiger partial charge in [-0.3, -0.25) is 4.79 Å². The van der Waals surface area contributed by atoms with Gasteiger partial charge in [-0.05, 0) is 25.5 Å². The minimum atomic E-state index is 0. The maximum Gasteiger partial charge on any atom is 0.221 e. The molecule has 0 saturated carbocycles. The number of anilines is 1. The van der Waals surface area contributed by atoms with Crippen molar-refractivity contribution >= 4 is 36.4 Å². The lowest BCUT2D eigenvalue weighted by Crippen LogP contribution is -2.45. The molecule has 1 aliphatic heterocycles. The first kappa shape index (κ1) is 23.0. The molecule has 0 aromatic heterocycles. The van der Waals surface area contributed by atoms with Crippen LogP contribution in [0.15, 0.2) is 24.3 Å². The van der Waals surface area contributed by atoms with E-state index < -0.39 is 0 Å². The van der Waals surface area contributed by atoms with Crippen molar-refractivity contribution in [3.8, 4) is 0 Å². The molecule has 1 aromatic rings. The van der Waals surface area contributed by atoms with E-state index in [1.807, 2.05) is 6.07 Å². The Kier molecular flexibility index (Phi) is 11.8. The molecule has 7 heteroatoms. The van der Waals surface area contributed by atoms with Crippen molar-refractivity contribution in [3.63, 3.8) is 0 Å². The zero-order valence-corrected chi connectivity index (χ0v) is 16.0. The van der Waals surface area contributed by atoms with Gasteiger partial charge in [-0.25, -0.2) is 0 Å². The number of benzene rings is 1. The van der Waals surface area contributed by atoms with Gasteiger partial charge in [-0.15, -0.1) is 24.8 Å². The first-order valence-electron chi connectivity index (χ1n) is 8.09. The molecule has 2 N–H and O–H groups in total. The van der Waals surface area contributed by atoms with Crippen molar-refractivity contribution in [3.05, 3.63) is 29.8 Å². The second-order valence-corrected chi connectivity index (χ2v) is 5.65. The SMILES string of the molecule is CCN(CCNC(=O)CC1COCCN1)c1ccccc1C.Cl.Cl. The van der Waals surface area contributed by atoms with Crippen LogP contribution in [-0.2, 0) is 9.53 Å². The third-order valence-electron chi connectivity index (χ3n) is 3.97. The summed E-state index contributed by atoms with van der Waals surface area (Å²) in [6.07, 6.45) is 0.483. The number of rotatable bonds is 7. The maximum atomic E-state index is 12.0. The van der Waals surface area contributed by atoms with Crippen LogP contribution >= 0.6 is 24.8 Å². The second kappa shape index (κ2) is 12.4. The van der Waals surface area contributed by atoms with Gasteiger partial charge in [0.15, 0.2) is 0 Å². The van der Waals surface area contributed by atoms with Gasteiger partial charge in [0.1, 0.15) is 0 Å². The summed E-state index contributed by atoms with van der Waals surface area (Å²) in [6.45, 7) is 8.85. The molecule has 1 heterocycles. The van der Waals surface area contributed by atoms with Gasteiger partial charge in [0.25, 0.3) is 0 Å². The number of hydrogen-bond acceptors (Lipinski definition) is 4. The number of aryl methyl sites for hydroxylation is 1. The summed E-state index contributed by atoms with van der Waals surface area (Å²) in [5.74, 6) is 0.0869. The summed E-state index contributed by atoms with van der Waals surface area (Å²) in [6, 6.07) is 8.49. The van der Waals surface area contributed by atoms with E-state index in [0.717, 1.165) is 26.2 Å². The molecular weight excluding hydrogens is 349 g/mol. The number of amides is 1. The van der Waals surface area contributed by atoms with E-state index in [1.165, 1.54) is 11.3 Å². The van der Waals surface area contributed by atoms with Crippen LogP contribution in [0.4, 0.5) is 5.69 Å². The van der Waals surface area contributed by atoms with Gasteiger partial charge in [-0.2, -0.15) is 0 Å². The lowest BCUT2D eigenvalue weighted by atomic mass is 10.2. The molecule has 1 aromatic carbocycles. The van der Waals surface area contributed by atoms with Gasteiger partial charge >= 0.3 is 0 Å². The summed E-state index contributed by atoms with van der Waals surface area (Å²) >= 11 is 0. The Hall–Kier alpha value is -1.01. The Balaban J connectivity index is 0.00000264. The average molecular weight is 378 g/mol. The van der Waals surface area contributed by atoms with Crippen LogP contribution in [0.2, 0.25) is 0 Å². The fourth-order valence-electron chi connectivity index (χ4n) is 2.74. The molecule has 138 valence electrons. The smallest absolute Gasteiger partial charge is 0.221 e. The standard InChI is InChI=1S/C17H27N3O2.2ClH/c1-3-20(16-7-5-4-6-14(16)2)10-8-19-17(21)12-15-13-22-11-9-18-15;;/h4-7,15,18H,3,8-13H2,1-2H3,(H,19,21);2*1H. The number of nitrogens with one attached hydrogen (secondary N) is 2. The molecule has 1 saturated heterocycles. The van der Waals surface area contributed by atoms with Crippen molar-refractivity contribution in [2.75, 3.05) is 44.3 Å². The van der Waals surface area contributed by atoms with Crippen LogP contribution in [-0.4, -0.2) is 51.3 Å². The number of halogens is 2. The van der Waals surface area contributed by atoms with Gasteiger partial charge in [-0.1, -0.05) is 18.2 Å². The quantitative estimate of drug-likeness (QED) is 0.764. The minimum absolute atomic E-state index is 0. The van der Waals surface area contributed by atoms with Crippen LogP contribution in [0.1, 0.15) is 18.9 Å². The topological polar surface area (TPSA) is 53.6 Å². The fourth-order valence-corrected chi connectivity index (χ4v) is 2.74. The van der Waals surface area contributed by atoms with Crippen molar-refractivity contribution in [1.82, 2.24) is 10.6 Å². The molecule has 1 fully saturated rings. The maximum absolute atomic E-state index is 12.0. The monoisotopic (exact) mass is 377 g/mol. The fraction of sp³-hybridized carbons (Fsp3) is 0.588. The molecular formula is C17H29Cl2N3O2. The molecule has 2 rings (SSSR count). The van der Waals surface area contributed by atoms with Crippen LogP contribution in [0, 0.1) is 6.92 Å². The van der Waals surface area contributed by atoms with Gasteiger partial charge in [0, 0.05) is 44.3 Å². The molecule has 1 unspecified atom stereocenters. The van der Waals surface area contributed by atoms with Gasteiger partial charge in [0.2, 0.25) is 5.91 Å². The van der Waals surface area contributed by atoms with Gasteiger partial charge < -0.3 is 20.3 Å². The lowest BCUT2D eigenvalue weighted by molar-refractivity contribution is -0.122. The van der Waals surface area contributed by atoms with Crippen molar-refractivity contribution in [2.45, 2.75) is 26.3 Å². The van der Waals surface area contributed by atoms with Gasteiger partial charge in [0.05, 0.1) is 13.2 Å². The number of likely N-dealkylation sites (N-methyl/N-ethyl adjacent to an activating group) is 1. The number of carbonyl (C=O) groups excluding carboxylic acids is 1. The van der Waals surface area contributed by atoms with Crippen LogP contribution < -0.4 is 15.5 Å². The first-order valence-corrected chi connectivity index (χ1v) is 8.09. The third kappa shape index (κ3) is 7.26. The number of morpholine rings is 1. The van der Waals surface area contributed by atoms with E-state index in [1.54, 1.807) is 0 Å². The number of para-hydroxylation sites is 1. The van der Waals surface area contributed by atoms with E-state index in [0.29, 0.717) is 19.6 Å². The van der Waals surface area contributed by atoms with E-state index in [9.17, 15) is 4.79 Å². The average Bonchev–Trinajstić information content (AvgIpc) is 2.53. The summed E-state index contributed by atoms with van der Waals surface area (Å²) in [7, 11) is 0. The summed E-state index contributed by atoms with van der Waals surface area (Å²) in [4.78, 5) is 14.2. The Bertz CT molecular complexity index is 483. The van der Waals surface area contributed by atoms with Crippen molar-refractivity contribution in [2.24, 2.45) is 0 Å². The zero-order chi connectivity index (χ0) is 15.8. The normalized spacial score (nSPS) is 16.5. The molecule has 0 aliphatic carbocycles. The number of nitrogens with zero attached hydrogens (tertiary/aromatic N) is 1. The minimum Gasteiger partial charge on any atom is -0.378 e. The highest BCUT2D eigenvalue weighted by Gasteiger charge is 2.16. The highest BCUT2D eigenvalue weighted by Crippen LogP contribution is 2.18. The van der Waals surface area contributed by atoms with Crippen LogP contribution in [0.5, 0.6) is 0 Å². The molecule has 5 nitrogen and oxygen atoms in total. The Morgan fingerprint density at radius 2 is 2.12 bits per heavy atom. The van der Waals surface area contributed by atoms with Crippen LogP contribution in [0.3, 0.4) is 0 Å². The van der Waals surface area contributed by atoms with Crippen molar-refractivity contribution < 1.29 is 9.53 Å². The molecule has 0 bridgehead atoms. The predicted octanol–water partition coefficient (Wildman–Crippen LogP) is 2.16. The Labute approximate surface area is 157 Å². The summed E-state index contributed by atoms with van der Waals surface area (Å²) in [5, 5.41) is 6.31. The van der Waals surface area contributed by atoms with E-state index in [4.69, 9.17) is 4.74 Å². The zero-order valence-electron chi connectivity index (χ0n) is 14.4. The molecule has 0 radical (unpaired) electrons. The third-order valence-corrected chi connectivity index (χ3v) is 3.97. The van der Waals surface area contributed by atoms with E-state index in [-0.39, 0.29) is 36.8 Å². The number of hydrogen-bond donors (Lipinski definition) is 2. The number of carbonyl (C=O) groups is 1. The lowest BCUT2D eigenvalue weighted by Gasteiger charge is -2.26. The highest BCUT2D eigenvalue weighted by atomic mass is 35.5. The molecule has 1 amide bonds. The summed E-state index contributed by atoms with van der Waals surface area (Å²) in [5.41, 5.74) is 2.50. The van der Waals surface area contributed by atoms with E-state index in [2.05, 4.69) is 47.6 Å². The predicted molar refractivity (Wildman–Crippen MR) is 104 cm³/mol. The highest BCUT2D eigenvalue weighted by molar-refractivity contribution is 5.85. The van der Waals surface area contributed by atoms with E-state index >= 15 is 0 Å². The first-order chi connectivity index (χ1) is 10.7. The Morgan fingerprint density at radius 1 is 1.38 bits per heavy atom. The largest absolute Gasteiger partial charge is 0.378 e. The Morgan fingerprint density at radius 3 is 2.75 bits per heavy atom. The molecule has 1 aliphatic rings. The second-order valence-electron chi connectivity index (χ2n) is 5.65.